The van der Waals surface area contributed by atoms with E-state index >= 15 is 0 Å². The number of thiocarbonyl (C=S) groups is 1. The molecular weight excluding hydrogens is 333 g/mol. The van der Waals surface area contributed by atoms with Crippen molar-refractivity contribution in [3.05, 3.63) is 38.7 Å². The van der Waals surface area contributed by atoms with E-state index in [-0.39, 0.29) is 5.91 Å². The first-order valence-electron chi connectivity index (χ1n) is 6.24. The number of hydrogen-bond acceptors (Lipinski definition) is 3. The average molecular weight is 346 g/mol. The Bertz CT molecular complexity index is 566. The molecule has 1 aliphatic rings. The van der Waals surface area contributed by atoms with Crippen molar-refractivity contribution in [2.24, 2.45) is 0 Å². The maximum absolute atomic E-state index is 12.3. The van der Waals surface area contributed by atoms with E-state index in [4.69, 9.17) is 35.4 Å². The fourth-order valence-corrected chi connectivity index (χ4v) is 3.59. The van der Waals surface area contributed by atoms with Gasteiger partial charge in [0, 0.05) is 22.2 Å². The Balaban J connectivity index is 2.28. The number of amides is 1. The summed E-state index contributed by atoms with van der Waals surface area (Å²) in [5, 5.41) is 1.05. The fourth-order valence-electron chi connectivity index (χ4n) is 1.79. The summed E-state index contributed by atoms with van der Waals surface area (Å²) < 4.78 is 0.595. The van der Waals surface area contributed by atoms with Crippen LogP contribution in [0, 0.1) is 0 Å². The van der Waals surface area contributed by atoms with Crippen LogP contribution in [0.1, 0.15) is 25.3 Å². The van der Waals surface area contributed by atoms with Crippen LogP contribution in [-0.4, -0.2) is 21.7 Å². The highest BCUT2D eigenvalue weighted by Crippen LogP contribution is 2.35. The Morgan fingerprint density at radius 2 is 2.00 bits per heavy atom. The highest BCUT2D eigenvalue weighted by Gasteiger charge is 2.31. The maximum Gasteiger partial charge on any atom is 0.266 e. The van der Waals surface area contributed by atoms with Gasteiger partial charge in [0.2, 0.25) is 0 Å². The van der Waals surface area contributed by atoms with Crippen molar-refractivity contribution in [3.63, 3.8) is 0 Å². The monoisotopic (exact) mass is 345 g/mol. The number of carbonyl (C=O) groups excluding carboxylic acids is 1. The number of benzene rings is 1. The van der Waals surface area contributed by atoms with E-state index in [1.165, 1.54) is 11.8 Å². The largest absolute Gasteiger partial charge is 0.293 e. The first-order valence-corrected chi connectivity index (χ1v) is 8.22. The lowest BCUT2D eigenvalue weighted by Gasteiger charge is -2.13. The summed E-state index contributed by atoms with van der Waals surface area (Å²) >= 11 is 18.8. The van der Waals surface area contributed by atoms with E-state index in [1.807, 2.05) is 0 Å². The Kier molecular flexibility index (Phi) is 5.49. The lowest BCUT2D eigenvalue weighted by Crippen LogP contribution is -2.28. The van der Waals surface area contributed by atoms with Crippen molar-refractivity contribution in [2.45, 2.75) is 19.8 Å². The average Bonchev–Trinajstić information content (AvgIpc) is 2.67. The molecule has 20 heavy (non-hydrogen) atoms. The summed E-state index contributed by atoms with van der Waals surface area (Å²) in [5.74, 6) is -0.0653. The molecule has 0 aliphatic carbocycles. The van der Waals surface area contributed by atoms with E-state index in [1.54, 1.807) is 29.2 Å². The first kappa shape index (κ1) is 15.8. The molecule has 0 N–H and O–H groups in total. The van der Waals surface area contributed by atoms with Crippen molar-refractivity contribution in [2.75, 3.05) is 6.54 Å². The molecule has 0 saturated carbocycles. The van der Waals surface area contributed by atoms with Crippen molar-refractivity contribution in [3.8, 4) is 0 Å². The molecule has 0 spiro atoms. The van der Waals surface area contributed by atoms with Gasteiger partial charge in [-0.2, -0.15) is 0 Å². The number of rotatable bonds is 4. The van der Waals surface area contributed by atoms with Crippen molar-refractivity contribution in [1.29, 1.82) is 0 Å². The zero-order valence-electron chi connectivity index (χ0n) is 10.9. The number of nitrogens with zero attached hydrogens (tertiary/aromatic N) is 1. The molecule has 0 aromatic heterocycles. The third kappa shape index (κ3) is 3.37. The molecule has 2 nitrogen and oxygen atoms in total. The van der Waals surface area contributed by atoms with Gasteiger partial charge in [-0.25, -0.2) is 0 Å². The Labute approximate surface area is 138 Å². The van der Waals surface area contributed by atoms with Crippen molar-refractivity contribution in [1.82, 2.24) is 4.90 Å². The van der Waals surface area contributed by atoms with Crippen LogP contribution in [0.25, 0.3) is 6.08 Å². The third-order valence-corrected chi connectivity index (χ3v) is 4.92. The fraction of sp³-hybridized carbons (Fsp3) is 0.286. The zero-order chi connectivity index (χ0) is 14.7. The van der Waals surface area contributed by atoms with Gasteiger partial charge in [-0.05, 0) is 24.6 Å². The number of carbonyl (C=O) groups is 1. The first-order chi connectivity index (χ1) is 9.54. The molecule has 0 bridgehead atoms. The molecule has 6 heteroatoms. The summed E-state index contributed by atoms with van der Waals surface area (Å²) in [6, 6.07) is 5.27. The van der Waals surface area contributed by atoms with Crippen LogP contribution in [0.2, 0.25) is 10.0 Å². The van der Waals surface area contributed by atoms with E-state index in [9.17, 15) is 4.79 Å². The maximum atomic E-state index is 12.3. The van der Waals surface area contributed by atoms with E-state index in [0.717, 1.165) is 12.8 Å². The molecule has 1 aliphatic heterocycles. The molecule has 1 aromatic rings. The second-order valence-electron chi connectivity index (χ2n) is 4.32. The van der Waals surface area contributed by atoms with Crippen molar-refractivity contribution < 1.29 is 4.79 Å². The second kappa shape index (κ2) is 6.94. The number of halogens is 2. The molecule has 0 atom stereocenters. The summed E-state index contributed by atoms with van der Waals surface area (Å²) in [7, 11) is 0. The van der Waals surface area contributed by atoms with Crippen molar-refractivity contribution >= 4 is 63.5 Å². The predicted molar refractivity (Wildman–Crippen MR) is 91.2 cm³/mol. The second-order valence-corrected chi connectivity index (χ2v) is 6.81. The van der Waals surface area contributed by atoms with Crippen LogP contribution >= 0.6 is 47.2 Å². The van der Waals surface area contributed by atoms with E-state index in [2.05, 4.69) is 6.92 Å². The van der Waals surface area contributed by atoms with Gasteiger partial charge in [-0.1, -0.05) is 66.6 Å². The van der Waals surface area contributed by atoms with Crippen LogP contribution in [0.4, 0.5) is 0 Å². The van der Waals surface area contributed by atoms with Gasteiger partial charge in [0.25, 0.3) is 5.91 Å². The number of thioether (sulfide) groups is 1. The van der Waals surface area contributed by atoms with Gasteiger partial charge < -0.3 is 0 Å². The molecule has 1 heterocycles. The lowest BCUT2D eigenvalue weighted by molar-refractivity contribution is -0.122. The van der Waals surface area contributed by atoms with Crippen LogP contribution in [0.5, 0.6) is 0 Å². The van der Waals surface area contributed by atoms with Crippen LogP contribution < -0.4 is 0 Å². The molecule has 0 unspecified atom stereocenters. The molecule has 1 amide bonds. The number of unbranched alkanes of at least 4 members (excludes halogenated alkanes) is 1. The highest BCUT2D eigenvalue weighted by molar-refractivity contribution is 8.26. The normalized spacial score (nSPS) is 17.4. The Morgan fingerprint density at radius 3 is 2.60 bits per heavy atom. The minimum Gasteiger partial charge on any atom is -0.293 e. The summed E-state index contributed by atoms with van der Waals surface area (Å²) in [5.41, 5.74) is 0.659. The standard InChI is InChI=1S/C14H13Cl2NOS2/c1-2-3-7-17-13(18)12(20-14(17)19)8-9-10(15)5-4-6-11(9)16/h4-6,8H,2-3,7H2,1H3. The Morgan fingerprint density at radius 1 is 1.35 bits per heavy atom. The predicted octanol–water partition coefficient (Wildman–Crippen LogP) is 4.99. The zero-order valence-corrected chi connectivity index (χ0v) is 14.0. The quantitative estimate of drug-likeness (QED) is 0.566. The topological polar surface area (TPSA) is 20.3 Å². The van der Waals surface area contributed by atoms with Gasteiger partial charge in [0.05, 0.1) is 4.91 Å². The van der Waals surface area contributed by atoms with Gasteiger partial charge in [0.15, 0.2) is 0 Å². The minimum atomic E-state index is -0.0653. The van der Waals surface area contributed by atoms with E-state index < -0.39 is 0 Å². The smallest absolute Gasteiger partial charge is 0.266 e. The molecule has 2 rings (SSSR count). The molecule has 106 valence electrons. The number of hydrogen-bond donors (Lipinski definition) is 0. The third-order valence-electron chi connectivity index (χ3n) is 2.88. The molecule has 0 radical (unpaired) electrons. The summed E-state index contributed by atoms with van der Waals surface area (Å²) in [4.78, 5) is 14.5. The Hall–Kier alpha value is -0.550. The molecule has 1 fully saturated rings. The van der Waals surface area contributed by atoms with Gasteiger partial charge in [-0.3, -0.25) is 9.69 Å². The molecular formula is C14H13Cl2NOS2. The van der Waals surface area contributed by atoms with Gasteiger partial charge >= 0.3 is 0 Å². The highest BCUT2D eigenvalue weighted by atomic mass is 35.5. The summed E-state index contributed by atoms with van der Waals surface area (Å²) in [6.45, 7) is 2.74. The lowest BCUT2D eigenvalue weighted by atomic mass is 10.2. The van der Waals surface area contributed by atoms with Gasteiger partial charge in [0.1, 0.15) is 4.32 Å². The molecule has 1 saturated heterocycles. The van der Waals surface area contributed by atoms with Crippen LogP contribution in [-0.2, 0) is 4.79 Å². The minimum absolute atomic E-state index is 0.0653. The SMILES string of the molecule is CCCCN1C(=O)C(=Cc2c(Cl)cccc2Cl)SC1=S. The molecule has 1 aromatic carbocycles. The van der Waals surface area contributed by atoms with Crippen LogP contribution in [0.15, 0.2) is 23.1 Å². The van der Waals surface area contributed by atoms with Gasteiger partial charge in [-0.15, -0.1) is 0 Å². The van der Waals surface area contributed by atoms with Crippen LogP contribution in [0.3, 0.4) is 0 Å². The summed E-state index contributed by atoms with van der Waals surface area (Å²) in [6.07, 6.45) is 3.68. The van der Waals surface area contributed by atoms with E-state index in [0.29, 0.717) is 31.4 Å².